The predicted molar refractivity (Wildman–Crippen MR) is 91.5 cm³/mol. The number of hydrogen-bond acceptors (Lipinski definition) is 6. The summed E-state index contributed by atoms with van der Waals surface area (Å²) in [5, 5.41) is 16.5. The SMILES string of the molecule is CC(c1cccc(Nc2c(NC3CC3)c(=O)c2=O)c1O)N(C)C. The Labute approximate surface area is 134 Å². The Morgan fingerprint density at radius 2 is 1.83 bits per heavy atom. The van der Waals surface area contributed by atoms with Crippen LogP contribution in [0.25, 0.3) is 0 Å². The van der Waals surface area contributed by atoms with E-state index in [1.807, 2.05) is 38.1 Å². The lowest BCUT2D eigenvalue weighted by molar-refractivity contribution is 0.312. The summed E-state index contributed by atoms with van der Waals surface area (Å²) in [6.45, 7) is 1.98. The number of phenolic OH excluding ortho intramolecular Hbond substituents is 1. The summed E-state index contributed by atoms with van der Waals surface area (Å²) < 4.78 is 0. The van der Waals surface area contributed by atoms with E-state index in [1.54, 1.807) is 6.07 Å². The van der Waals surface area contributed by atoms with Gasteiger partial charge in [0.1, 0.15) is 17.1 Å². The number of nitrogens with zero attached hydrogens (tertiary/aromatic N) is 1. The number of hydrogen-bond donors (Lipinski definition) is 3. The van der Waals surface area contributed by atoms with Crippen molar-refractivity contribution in [1.82, 2.24) is 4.90 Å². The highest BCUT2D eigenvalue weighted by Gasteiger charge is 2.29. The molecule has 23 heavy (non-hydrogen) atoms. The van der Waals surface area contributed by atoms with Crippen molar-refractivity contribution >= 4 is 17.1 Å². The molecular formula is C17H21N3O3. The van der Waals surface area contributed by atoms with Crippen molar-refractivity contribution in [2.75, 3.05) is 24.7 Å². The molecule has 1 aliphatic carbocycles. The molecule has 0 aliphatic heterocycles. The average molecular weight is 315 g/mol. The second-order valence-corrected chi connectivity index (χ2v) is 6.33. The van der Waals surface area contributed by atoms with Crippen LogP contribution in [-0.4, -0.2) is 30.1 Å². The minimum atomic E-state index is -0.543. The quantitative estimate of drug-likeness (QED) is 0.558. The minimum Gasteiger partial charge on any atom is -0.505 e. The summed E-state index contributed by atoms with van der Waals surface area (Å²) >= 11 is 0. The van der Waals surface area contributed by atoms with Gasteiger partial charge in [-0.15, -0.1) is 0 Å². The summed E-state index contributed by atoms with van der Waals surface area (Å²) in [4.78, 5) is 25.5. The van der Waals surface area contributed by atoms with Crippen LogP contribution in [0.3, 0.4) is 0 Å². The molecule has 0 spiro atoms. The number of benzene rings is 1. The van der Waals surface area contributed by atoms with E-state index in [9.17, 15) is 14.7 Å². The topological polar surface area (TPSA) is 81.7 Å². The highest BCUT2D eigenvalue weighted by atomic mass is 16.3. The molecule has 3 N–H and O–H groups in total. The second-order valence-electron chi connectivity index (χ2n) is 6.33. The van der Waals surface area contributed by atoms with Gasteiger partial charge in [0.2, 0.25) is 0 Å². The Morgan fingerprint density at radius 1 is 1.17 bits per heavy atom. The molecule has 6 heteroatoms. The Hall–Kier alpha value is -2.34. The normalized spacial score (nSPS) is 15.8. The molecule has 1 fully saturated rings. The number of nitrogens with one attached hydrogen (secondary N) is 2. The van der Waals surface area contributed by atoms with Crippen LogP contribution in [-0.2, 0) is 0 Å². The summed E-state index contributed by atoms with van der Waals surface area (Å²) in [7, 11) is 3.86. The third-order valence-electron chi connectivity index (χ3n) is 4.39. The van der Waals surface area contributed by atoms with Gasteiger partial charge in [0.25, 0.3) is 10.9 Å². The largest absolute Gasteiger partial charge is 0.505 e. The van der Waals surface area contributed by atoms with Crippen LogP contribution in [0.2, 0.25) is 0 Å². The Balaban J connectivity index is 1.89. The fourth-order valence-electron chi connectivity index (χ4n) is 2.49. The number of para-hydroxylation sites is 1. The molecule has 0 aromatic heterocycles. The predicted octanol–water partition coefficient (Wildman–Crippen LogP) is 1.93. The van der Waals surface area contributed by atoms with Crippen molar-refractivity contribution < 1.29 is 5.11 Å². The molecule has 2 aromatic carbocycles. The van der Waals surface area contributed by atoms with Gasteiger partial charge < -0.3 is 20.6 Å². The molecule has 122 valence electrons. The lowest BCUT2D eigenvalue weighted by Gasteiger charge is -2.23. The van der Waals surface area contributed by atoms with Crippen LogP contribution in [0.5, 0.6) is 5.75 Å². The van der Waals surface area contributed by atoms with Gasteiger partial charge in [0, 0.05) is 17.6 Å². The lowest BCUT2D eigenvalue weighted by atomic mass is 10.0. The van der Waals surface area contributed by atoms with Crippen molar-refractivity contribution in [2.45, 2.75) is 31.8 Å². The van der Waals surface area contributed by atoms with E-state index in [2.05, 4.69) is 10.6 Å². The molecule has 0 amide bonds. The van der Waals surface area contributed by atoms with E-state index < -0.39 is 10.9 Å². The first-order valence-electron chi connectivity index (χ1n) is 7.75. The second kappa shape index (κ2) is 5.70. The van der Waals surface area contributed by atoms with Crippen molar-refractivity contribution in [2.24, 2.45) is 0 Å². The molecule has 0 saturated heterocycles. The van der Waals surface area contributed by atoms with Gasteiger partial charge in [-0.05, 0) is 39.9 Å². The summed E-state index contributed by atoms with van der Waals surface area (Å²) in [6.07, 6.45) is 2.03. The van der Waals surface area contributed by atoms with E-state index in [1.165, 1.54) is 0 Å². The van der Waals surface area contributed by atoms with E-state index in [0.717, 1.165) is 18.4 Å². The van der Waals surface area contributed by atoms with Gasteiger partial charge >= 0.3 is 0 Å². The Kier molecular flexibility index (Phi) is 3.85. The number of phenols is 1. The molecular weight excluding hydrogens is 294 g/mol. The smallest absolute Gasteiger partial charge is 0.253 e. The lowest BCUT2D eigenvalue weighted by Crippen LogP contribution is -2.37. The molecule has 0 radical (unpaired) electrons. The zero-order chi connectivity index (χ0) is 16.7. The van der Waals surface area contributed by atoms with E-state index >= 15 is 0 Å². The third-order valence-corrected chi connectivity index (χ3v) is 4.39. The number of rotatable bonds is 6. The molecule has 1 atom stereocenters. The molecule has 1 unspecified atom stereocenters. The first-order chi connectivity index (χ1) is 10.9. The highest BCUT2D eigenvalue weighted by molar-refractivity contribution is 5.81. The van der Waals surface area contributed by atoms with Crippen LogP contribution in [0.1, 0.15) is 31.4 Å². The van der Waals surface area contributed by atoms with Crippen LogP contribution in [0, 0.1) is 0 Å². The standard InChI is InChI=1S/C17H21N3O3/c1-9(20(2)3)11-5-4-6-12(15(11)21)19-14-13(16(22)17(14)23)18-10-7-8-10/h4-6,9-10,18-19,21H,7-8H2,1-3H3. The van der Waals surface area contributed by atoms with Gasteiger partial charge in [-0.2, -0.15) is 0 Å². The molecule has 3 rings (SSSR count). The first kappa shape index (κ1) is 15.6. The monoisotopic (exact) mass is 315 g/mol. The summed E-state index contributed by atoms with van der Waals surface area (Å²) in [5.74, 6) is 0.0964. The first-order valence-corrected chi connectivity index (χ1v) is 7.75. The number of anilines is 3. The molecule has 0 heterocycles. The Morgan fingerprint density at radius 3 is 2.43 bits per heavy atom. The minimum absolute atomic E-state index is 0.0218. The maximum Gasteiger partial charge on any atom is 0.253 e. The number of aromatic hydroxyl groups is 1. The van der Waals surface area contributed by atoms with Crippen molar-refractivity contribution in [1.29, 1.82) is 0 Å². The molecule has 2 aromatic rings. The zero-order valence-electron chi connectivity index (χ0n) is 13.5. The molecule has 6 nitrogen and oxygen atoms in total. The molecule has 1 saturated carbocycles. The van der Waals surface area contributed by atoms with E-state index in [0.29, 0.717) is 11.4 Å². The van der Waals surface area contributed by atoms with Gasteiger partial charge in [-0.1, -0.05) is 12.1 Å². The van der Waals surface area contributed by atoms with Gasteiger partial charge in [-0.3, -0.25) is 9.59 Å². The summed E-state index contributed by atoms with van der Waals surface area (Å²) in [6, 6.07) is 5.66. The van der Waals surface area contributed by atoms with Crippen LogP contribution >= 0.6 is 0 Å². The van der Waals surface area contributed by atoms with Crippen LogP contribution in [0.15, 0.2) is 27.8 Å². The fourth-order valence-corrected chi connectivity index (χ4v) is 2.49. The van der Waals surface area contributed by atoms with Crippen molar-refractivity contribution in [3.63, 3.8) is 0 Å². The molecule has 0 bridgehead atoms. The summed E-state index contributed by atoms with van der Waals surface area (Å²) in [5.41, 5.74) is 0.739. The average Bonchev–Trinajstić information content (AvgIpc) is 3.35. The molecule has 1 aliphatic rings. The van der Waals surface area contributed by atoms with Crippen LogP contribution in [0.4, 0.5) is 17.1 Å². The van der Waals surface area contributed by atoms with E-state index in [-0.39, 0.29) is 23.5 Å². The van der Waals surface area contributed by atoms with Crippen LogP contribution < -0.4 is 21.5 Å². The maximum absolute atomic E-state index is 11.8. The fraction of sp³-hybridized carbons (Fsp3) is 0.412. The van der Waals surface area contributed by atoms with Gasteiger partial charge in [-0.25, -0.2) is 0 Å². The van der Waals surface area contributed by atoms with Gasteiger partial charge in [0.05, 0.1) is 5.69 Å². The highest BCUT2D eigenvalue weighted by Crippen LogP contribution is 2.36. The maximum atomic E-state index is 11.8. The zero-order valence-corrected chi connectivity index (χ0v) is 13.5. The van der Waals surface area contributed by atoms with Crippen molar-refractivity contribution in [3.05, 3.63) is 44.2 Å². The van der Waals surface area contributed by atoms with E-state index in [4.69, 9.17) is 0 Å². The third kappa shape index (κ3) is 2.82. The van der Waals surface area contributed by atoms with Crippen molar-refractivity contribution in [3.8, 4) is 5.75 Å². The van der Waals surface area contributed by atoms with Gasteiger partial charge in [0.15, 0.2) is 0 Å². The Bertz CT molecular complexity index is 802.